The first-order valence-electron chi connectivity index (χ1n) is 6.63. The molecule has 4 bridgehead atoms. The van der Waals surface area contributed by atoms with Crippen molar-refractivity contribution in [3.63, 3.8) is 0 Å². The first kappa shape index (κ1) is 11.8. The molecule has 0 aliphatic heterocycles. The SMILES string of the molecule is O=C(NCCO)C12C[C@@H]3C[C@@H](CC(Cl)(C3)C1)C2. The van der Waals surface area contributed by atoms with Crippen LogP contribution in [0, 0.1) is 17.3 Å². The zero-order chi connectivity index (χ0) is 12.1. The summed E-state index contributed by atoms with van der Waals surface area (Å²) in [5, 5.41) is 11.7. The van der Waals surface area contributed by atoms with Crippen LogP contribution in [0.5, 0.6) is 0 Å². The van der Waals surface area contributed by atoms with Crippen LogP contribution >= 0.6 is 11.6 Å². The van der Waals surface area contributed by atoms with Crippen LogP contribution in [0.1, 0.15) is 38.5 Å². The number of rotatable bonds is 3. The van der Waals surface area contributed by atoms with Gasteiger partial charge >= 0.3 is 0 Å². The molecule has 0 aromatic heterocycles. The Morgan fingerprint density at radius 2 is 1.94 bits per heavy atom. The first-order chi connectivity index (χ1) is 8.05. The van der Waals surface area contributed by atoms with Gasteiger partial charge in [-0.3, -0.25) is 4.79 Å². The van der Waals surface area contributed by atoms with E-state index in [2.05, 4.69) is 5.32 Å². The second kappa shape index (κ2) is 3.86. The topological polar surface area (TPSA) is 49.3 Å². The average molecular weight is 258 g/mol. The third kappa shape index (κ3) is 1.88. The largest absolute Gasteiger partial charge is 0.395 e. The predicted molar refractivity (Wildman–Crippen MR) is 65.8 cm³/mol. The van der Waals surface area contributed by atoms with E-state index in [1.165, 1.54) is 6.42 Å². The highest BCUT2D eigenvalue weighted by Crippen LogP contribution is 2.63. The number of hydrogen-bond donors (Lipinski definition) is 2. The summed E-state index contributed by atoms with van der Waals surface area (Å²) in [5.74, 6) is 1.42. The van der Waals surface area contributed by atoms with Crippen molar-refractivity contribution in [3.8, 4) is 0 Å². The molecule has 0 aromatic rings. The number of halogens is 1. The molecular formula is C13H20ClNO2. The molecule has 4 saturated carbocycles. The number of nitrogens with one attached hydrogen (secondary N) is 1. The van der Waals surface area contributed by atoms with Crippen molar-refractivity contribution in [2.45, 2.75) is 43.4 Å². The number of amides is 1. The highest BCUT2D eigenvalue weighted by Gasteiger charge is 2.59. The molecule has 0 spiro atoms. The number of carbonyl (C=O) groups is 1. The third-order valence-electron chi connectivity index (χ3n) is 4.87. The van der Waals surface area contributed by atoms with E-state index in [9.17, 15) is 4.79 Å². The highest BCUT2D eigenvalue weighted by atomic mass is 35.5. The summed E-state index contributed by atoms with van der Waals surface area (Å²) in [4.78, 5) is 12.2. The maximum atomic E-state index is 12.3. The molecule has 17 heavy (non-hydrogen) atoms. The van der Waals surface area contributed by atoms with Crippen LogP contribution in [0.2, 0.25) is 0 Å². The van der Waals surface area contributed by atoms with Gasteiger partial charge in [-0.25, -0.2) is 0 Å². The van der Waals surface area contributed by atoms with E-state index < -0.39 is 0 Å². The van der Waals surface area contributed by atoms with Gasteiger partial charge in [0.05, 0.1) is 12.0 Å². The van der Waals surface area contributed by atoms with E-state index >= 15 is 0 Å². The van der Waals surface area contributed by atoms with Crippen molar-refractivity contribution >= 4 is 17.5 Å². The van der Waals surface area contributed by atoms with E-state index in [0.717, 1.165) is 32.1 Å². The van der Waals surface area contributed by atoms with Gasteiger partial charge in [0.2, 0.25) is 5.91 Å². The zero-order valence-corrected chi connectivity index (χ0v) is 10.8. The van der Waals surface area contributed by atoms with Crippen LogP contribution < -0.4 is 5.32 Å². The van der Waals surface area contributed by atoms with Gasteiger partial charge in [0.25, 0.3) is 0 Å². The average Bonchev–Trinajstić information content (AvgIpc) is 2.22. The lowest BCUT2D eigenvalue weighted by atomic mass is 9.49. The zero-order valence-electron chi connectivity index (χ0n) is 10.0. The maximum Gasteiger partial charge on any atom is 0.226 e. The minimum Gasteiger partial charge on any atom is -0.395 e. The van der Waals surface area contributed by atoms with Crippen molar-refractivity contribution in [2.75, 3.05) is 13.2 Å². The minimum absolute atomic E-state index is 0.0146. The van der Waals surface area contributed by atoms with Crippen molar-refractivity contribution in [3.05, 3.63) is 0 Å². The van der Waals surface area contributed by atoms with Gasteiger partial charge in [0.15, 0.2) is 0 Å². The lowest BCUT2D eigenvalue weighted by molar-refractivity contribution is -0.144. The fourth-order valence-electron chi connectivity index (χ4n) is 4.77. The van der Waals surface area contributed by atoms with Crippen LogP contribution in [0.15, 0.2) is 0 Å². The van der Waals surface area contributed by atoms with E-state index in [-0.39, 0.29) is 22.8 Å². The quantitative estimate of drug-likeness (QED) is 0.756. The molecule has 4 fully saturated rings. The molecule has 4 rings (SSSR count). The Kier molecular flexibility index (Phi) is 2.67. The summed E-state index contributed by atoms with van der Waals surface area (Å²) < 4.78 is 0. The van der Waals surface area contributed by atoms with Gasteiger partial charge in [0.1, 0.15) is 0 Å². The molecule has 2 N–H and O–H groups in total. The second-order valence-electron chi connectivity index (χ2n) is 6.37. The van der Waals surface area contributed by atoms with Gasteiger partial charge in [-0.2, -0.15) is 0 Å². The Labute approximate surface area is 107 Å². The van der Waals surface area contributed by atoms with Crippen molar-refractivity contribution in [2.24, 2.45) is 17.3 Å². The maximum absolute atomic E-state index is 12.3. The Hall–Kier alpha value is -0.280. The van der Waals surface area contributed by atoms with Crippen molar-refractivity contribution in [1.29, 1.82) is 0 Å². The first-order valence-corrected chi connectivity index (χ1v) is 7.01. The van der Waals surface area contributed by atoms with E-state index in [4.69, 9.17) is 16.7 Å². The lowest BCUT2D eigenvalue weighted by Gasteiger charge is -2.59. The van der Waals surface area contributed by atoms with Crippen LogP contribution in [0.3, 0.4) is 0 Å². The van der Waals surface area contributed by atoms with Crippen LogP contribution in [-0.2, 0) is 4.79 Å². The number of aliphatic hydroxyl groups is 1. The normalized spacial score (nSPS) is 47.2. The van der Waals surface area contributed by atoms with Crippen LogP contribution in [-0.4, -0.2) is 29.0 Å². The van der Waals surface area contributed by atoms with Crippen LogP contribution in [0.25, 0.3) is 0 Å². The molecule has 2 unspecified atom stereocenters. The fourth-order valence-corrected chi connectivity index (χ4v) is 5.47. The molecule has 4 aliphatic carbocycles. The van der Waals surface area contributed by atoms with E-state index in [0.29, 0.717) is 18.4 Å². The molecule has 0 saturated heterocycles. The Morgan fingerprint density at radius 3 is 2.47 bits per heavy atom. The monoisotopic (exact) mass is 257 g/mol. The number of carbonyl (C=O) groups excluding carboxylic acids is 1. The Morgan fingerprint density at radius 1 is 1.29 bits per heavy atom. The summed E-state index contributed by atoms with van der Waals surface area (Å²) in [6.45, 7) is 0.381. The van der Waals surface area contributed by atoms with Gasteiger partial charge in [0, 0.05) is 11.4 Å². The molecule has 4 aliphatic rings. The lowest BCUT2D eigenvalue weighted by Crippen LogP contribution is -2.58. The minimum atomic E-state index is -0.221. The third-order valence-corrected chi connectivity index (χ3v) is 5.31. The summed E-state index contributed by atoms with van der Waals surface area (Å²) in [6, 6.07) is 0. The van der Waals surface area contributed by atoms with Gasteiger partial charge < -0.3 is 10.4 Å². The highest BCUT2D eigenvalue weighted by molar-refractivity contribution is 6.24. The number of aliphatic hydroxyl groups excluding tert-OH is 1. The summed E-state index contributed by atoms with van der Waals surface area (Å²) >= 11 is 6.67. The molecule has 0 aromatic carbocycles. The van der Waals surface area contributed by atoms with Crippen molar-refractivity contribution in [1.82, 2.24) is 5.32 Å². The summed E-state index contributed by atoms with van der Waals surface area (Å²) in [5.41, 5.74) is -0.221. The van der Waals surface area contributed by atoms with E-state index in [1.54, 1.807) is 0 Å². The molecule has 0 heterocycles. The standard InChI is InChI=1S/C13H20ClNO2/c14-13-6-9-3-10(7-13)5-12(4-9,8-13)11(17)15-1-2-16/h9-10,16H,1-8H2,(H,15,17)/t9-,10+,12?,13?. The predicted octanol–water partition coefficient (Wildman–Crippen LogP) is 1.67. The van der Waals surface area contributed by atoms with Crippen molar-refractivity contribution < 1.29 is 9.90 Å². The molecule has 96 valence electrons. The Balaban J connectivity index is 1.81. The van der Waals surface area contributed by atoms with Gasteiger partial charge in [-0.15, -0.1) is 11.6 Å². The number of hydrogen-bond acceptors (Lipinski definition) is 2. The van der Waals surface area contributed by atoms with Gasteiger partial charge in [-0.05, 0) is 50.4 Å². The summed E-state index contributed by atoms with van der Waals surface area (Å²) in [7, 11) is 0. The van der Waals surface area contributed by atoms with E-state index in [1.807, 2.05) is 0 Å². The molecule has 3 nitrogen and oxygen atoms in total. The number of alkyl halides is 1. The van der Waals surface area contributed by atoms with Gasteiger partial charge in [-0.1, -0.05) is 0 Å². The Bertz CT molecular complexity index is 330. The summed E-state index contributed by atoms with van der Waals surface area (Å²) in [6.07, 6.45) is 6.32. The molecule has 0 radical (unpaired) electrons. The fraction of sp³-hybridized carbons (Fsp3) is 0.923. The molecule has 4 heteroatoms. The van der Waals surface area contributed by atoms with Crippen LogP contribution in [0.4, 0.5) is 0 Å². The molecular weight excluding hydrogens is 238 g/mol. The smallest absolute Gasteiger partial charge is 0.226 e. The second-order valence-corrected chi connectivity index (χ2v) is 7.17. The molecule has 1 amide bonds. The molecule has 4 atom stereocenters.